The molecule has 3 aromatic heterocycles. The zero-order chi connectivity index (χ0) is 21.7. The number of piperidine rings is 1. The molecule has 0 radical (unpaired) electrons. The first kappa shape index (κ1) is 20.2. The van der Waals surface area contributed by atoms with E-state index < -0.39 is 0 Å². The minimum Gasteiger partial charge on any atom is -0.356 e. The second-order valence-electron chi connectivity index (χ2n) is 9.58. The predicted molar refractivity (Wildman–Crippen MR) is 128 cm³/mol. The van der Waals surface area contributed by atoms with Crippen molar-refractivity contribution < 1.29 is 4.79 Å². The number of aryl methyl sites for hydroxylation is 2. The summed E-state index contributed by atoms with van der Waals surface area (Å²) in [5.41, 5.74) is 5.30. The van der Waals surface area contributed by atoms with Gasteiger partial charge in [-0.3, -0.25) is 4.79 Å². The van der Waals surface area contributed by atoms with Crippen LogP contribution in [-0.2, 0) is 12.8 Å². The van der Waals surface area contributed by atoms with Gasteiger partial charge in [-0.15, -0.1) is 11.3 Å². The van der Waals surface area contributed by atoms with E-state index in [1.807, 2.05) is 4.52 Å². The van der Waals surface area contributed by atoms with E-state index in [2.05, 4.69) is 34.4 Å². The van der Waals surface area contributed by atoms with Gasteiger partial charge in [-0.1, -0.05) is 0 Å². The standard InChI is InChI=1S/C25H31N5OS/c1-17-15-30-23(26-24(17)28-11-6-7-12-28)14-20(27-30)21-9-4-5-13-29(21)25(31)19-16-32-22-10-3-2-8-18(19)22/h14-16,21H,2-13H2,1H3. The van der Waals surface area contributed by atoms with Crippen LogP contribution in [0.15, 0.2) is 17.6 Å². The average molecular weight is 450 g/mol. The fourth-order valence-corrected chi connectivity index (χ4v) is 6.86. The zero-order valence-electron chi connectivity index (χ0n) is 18.8. The van der Waals surface area contributed by atoms with E-state index in [1.54, 1.807) is 11.3 Å². The van der Waals surface area contributed by atoms with Gasteiger partial charge in [-0.25, -0.2) is 9.50 Å². The first-order valence-corrected chi connectivity index (χ1v) is 13.1. The van der Waals surface area contributed by atoms with Crippen molar-refractivity contribution in [2.24, 2.45) is 0 Å². The monoisotopic (exact) mass is 449 g/mol. The fraction of sp³-hybridized carbons (Fsp3) is 0.560. The third-order valence-electron chi connectivity index (χ3n) is 7.43. The normalized spacial score (nSPS) is 21.3. The van der Waals surface area contributed by atoms with Gasteiger partial charge in [0.1, 0.15) is 5.82 Å². The molecule has 7 heteroatoms. The van der Waals surface area contributed by atoms with Crippen LogP contribution >= 0.6 is 11.3 Å². The summed E-state index contributed by atoms with van der Waals surface area (Å²) in [6.45, 7) is 5.10. The topological polar surface area (TPSA) is 53.7 Å². The molecule has 2 aliphatic heterocycles. The number of thiophene rings is 1. The van der Waals surface area contributed by atoms with Crippen LogP contribution in [0.2, 0.25) is 0 Å². The summed E-state index contributed by atoms with van der Waals surface area (Å²) in [4.78, 5) is 24.6. The second-order valence-corrected chi connectivity index (χ2v) is 10.5. The molecule has 2 saturated heterocycles. The van der Waals surface area contributed by atoms with Gasteiger partial charge in [0.2, 0.25) is 0 Å². The van der Waals surface area contributed by atoms with Crippen molar-refractivity contribution in [3.05, 3.63) is 44.9 Å². The fourth-order valence-electron chi connectivity index (χ4n) is 5.74. The Hall–Kier alpha value is -2.41. The summed E-state index contributed by atoms with van der Waals surface area (Å²) in [7, 11) is 0. The van der Waals surface area contributed by atoms with Gasteiger partial charge >= 0.3 is 0 Å². The summed E-state index contributed by atoms with van der Waals surface area (Å²) < 4.78 is 1.91. The molecule has 3 aromatic rings. The van der Waals surface area contributed by atoms with Crippen molar-refractivity contribution in [3.63, 3.8) is 0 Å². The molecule has 1 aliphatic carbocycles. The first-order chi connectivity index (χ1) is 15.7. The van der Waals surface area contributed by atoms with Crippen LogP contribution in [-0.4, -0.2) is 45.0 Å². The highest BCUT2D eigenvalue weighted by molar-refractivity contribution is 7.10. The van der Waals surface area contributed by atoms with Crippen LogP contribution in [0.25, 0.3) is 5.65 Å². The molecule has 5 heterocycles. The minimum atomic E-state index is 0.0348. The third kappa shape index (κ3) is 3.41. The van der Waals surface area contributed by atoms with E-state index in [1.165, 1.54) is 36.1 Å². The number of anilines is 1. The Balaban J connectivity index is 1.33. The molecule has 0 N–H and O–H groups in total. The number of fused-ring (bicyclic) bond motifs is 2. The molecule has 1 amide bonds. The van der Waals surface area contributed by atoms with E-state index in [0.717, 1.165) is 80.0 Å². The lowest BCUT2D eigenvalue weighted by molar-refractivity contribution is 0.0605. The van der Waals surface area contributed by atoms with Crippen molar-refractivity contribution in [1.29, 1.82) is 0 Å². The molecule has 168 valence electrons. The van der Waals surface area contributed by atoms with E-state index in [9.17, 15) is 4.79 Å². The Morgan fingerprint density at radius 2 is 1.88 bits per heavy atom. The average Bonchev–Trinajstić information content (AvgIpc) is 3.57. The van der Waals surface area contributed by atoms with Crippen LogP contribution in [0.3, 0.4) is 0 Å². The van der Waals surface area contributed by atoms with Crippen LogP contribution in [0, 0.1) is 6.92 Å². The van der Waals surface area contributed by atoms with Crippen molar-refractivity contribution in [2.75, 3.05) is 24.5 Å². The molecule has 0 bridgehead atoms. The number of amides is 1. The number of hydrogen-bond donors (Lipinski definition) is 0. The van der Waals surface area contributed by atoms with Gasteiger partial charge in [0, 0.05) is 47.7 Å². The Morgan fingerprint density at radius 3 is 2.75 bits per heavy atom. The minimum absolute atomic E-state index is 0.0348. The number of likely N-dealkylation sites (tertiary alicyclic amines) is 1. The maximum absolute atomic E-state index is 13.7. The zero-order valence-corrected chi connectivity index (χ0v) is 19.7. The summed E-state index contributed by atoms with van der Waals surface area (Å²) in [6, 6.07) is 2.14. The Morgan fingerprint density at radius 1 is 1.06 bits per heavy atom. The molecule has 1 unspecified atom stereocenters. The van der Waals surface area contributed by atoms with E-state index in [4.69, 9.17) is 10.1 Å². The van der Waals surface area contributed by atoms with Crippen LogP contribution < -0.4 is 4.90 Å². The molecule has 6 nitrogen and oxygen atoms in total. The molecule has 0 aromatic carbocycles. The van der Waals surface area contributed by atoms with Gasteiger partial charge in [0.05, 0.1) is 17.3 Å². The van der Waals surface area contributed by atoms with Gasteiger partial charge in [0.15, 0.2) is 5.65 Å². The summed E-state index contributed by atoms with van der Waals surface area (Å²) in [6.07, 6.45) is 12.4. The van der Waals surface area contributed by atoms with Crippen molar-refractivity contribution in [1.82, 2.24) is 19.5 Å². The lowest BCUT2D eigenvalue weighted by Crippen LogP contribution is -2.39. The van der Waals surface area contributed by atoms with E-state index in [0.29, 0.717) is 0 Å². The van der Waals surface area contributed by atoms with E-state index >= 15 is 0 Å². The quantitative estimate of drug-likeness (QED) is 0.568. The van der Waals surface area contributed by atoms with Crippen LogP contribution in [0.1, 0.15) is 83.0 Å². The molecular weight excluding hydrogens is 418 g/mol. The molecule has 3 aliphatic rings. The largest absolute Gasteiger partial charge is 0.356 e. The van der Waals surface area contributed by atoms with Crippen molar-refractivity contribution in [3.8, 4) is 0 Å². The van der Waals surface area contributed by atoms with Gasteiger partial charge in [-0.2, -0.15) is 5.10 Å². The molecule has 0 saturated carbocycles. The second kappa shape index (κ2) is 8.18. The van der Waals surface area contributed by atoms with Gasteiger partial charge in [0.25, 0.3) is 5.91 Å². The number of nitrogens with zero attached hydrogens (tertiary/aromatic N) is 5. The van der Waals surface area contributed by atoms with Crippen molar-refractivity contribution in [2.45, 2.75) is 70.8 Å². The highest BCUT2D eigenvalue weighted by atomic mass is 32.1. The molecule has 0 spiro atoms. The van der Waals surface area contributed by atoms with E-state index in [-0.39, 0.29) is 11.9 Å². The maximum atomic E-state index is 13.7. The smallest absolute Gasteiger partial charge is 0.255 e. The molecule has 32 heavy (non-hydrogen) atoms. The Labute approximate surface area is 193 Å². The highest BCUT2D eigenvalue weighted by Gasteiger charge is 2.33. The van der Waals surface area contributed by atoms with Crippen LogP contribution in [0.4, 0.5) is 5.82 Å². The molecule has 1 atom stereocenters. The number of aromatic nitrogens is 3. The first-order valence-electron chi connectivity index (χ1n) is 12.2. The third-order valence-corrected chi connectivity index (χ3v) is 8.52. The number of carbonyl (C=O) groups is 1. The molecule has 6 rings (SSSR count). The lowest BCUT2D eigenvalue weighted by Gasteiger charge is -2.35. The molecular formula is C25H31N5OS. The van der Waals surface area contributed by atoms with Crippen LogP contribution in [0.5, 0.6) is 0 Å². The number of hydrogen-bond acceptors (Lipinski definition) is 5. The maximum Gasteiger partial charge on any atom is 0.255 e. The Kier molecular flexibility index (Phi) is 5.17. The predicted octanol–water partition coefficient (Wildman–Crippen LogP) is 4.95. The molecule has 2 fully saturated rings. The van der Waals surface area contributed by atoms with Gasteiger partial charge in [-0.05, 0) is 70.3 Å². The highest BCUT2D eigenvalue weighted by Crippen LogP contribution is 2.36. The number of carbonyl (C=O) groups excluding carboxylic acids is 1. The summed E-state index contributed by atoms with van der Waals surface area (Å²) in [5, 5.41) is 7.02. The SMILES string of the molecule is Cc1cn2nc(C3CCCCN3C(=O)c3csc4c3CCCC4)cc2nc1N1CCCC1. The van der Waals surface area contributed by atoms with Crippen molar-refractivity contribution >= 4 is 28.7 Å². The lowest BCUT2D eigenvalue weighted by atomic mass is 9.93. The number of rotatable bonds is 3. The Bertz CT molecular complexity index is 1160. The summed E-state index contributed by atoms with van der Waals surface area (Å²) >= 11 is 1.78. The van der Waals surface area contributed by atoms with Gasteiger partial charge < -0.3 is 9.80 Å². The summed E-state index contributed by atoms with van der Waals surface area (Å²) in [5.74, 6) is 1.29.